The molecule has 0 heterocycles. The van der Waals surface area contributed by atoms with Crippen molar-refractivity contribution in [3.63, 3.8) is 0 Å². The van der Waals surface area contributed by atoms with Crippen LogP contribution in [0.15, 0.2) is 18.2 Å². The van der Waals surface area contributed by atoms with Crippen LogP contribution >= 0.6 is 11.6 Å². The molecule has 1 aromatic rings. The summed E-state index contributed by atoms with van der Waals surface area (Å²) >= 11 is 5.55. The Balaban J connectivity index is 2.82. The van der Waals surface area contributed by atoms with Gasteiger partial charge in [0.05, 0.1) is 12.2 Å². The number of anilines is 1. The molecule has 0 atom stereocenters. The Labute approximate surface area is 95.4 Å². The smallest absolute Gasteiger partial charge is 0.385 e. The maximum atomic E-state index is 12.4. The van der Waals surface area contributed by atoms with E-state index in [1.807, 2.05) is 0 Å². The van der Waals surface area contributed by atoms with Gasteiger partial charge in [0.2, 0.25) is 0 Å². The van der Waals surface area contributed by atoms with Gasteiger partial charge in [-0.05, 0) is 24.6 Å². The third-order valence-electron chi connectivity index (χ3n) is 1.86. The van der Waals surface area contributed by atoms with Gasteiger partial charge in [-0.3, -0.25) is 4.39 Å². The Morgan fingerprint density at radius 3 is 2.44 bits per heavy atom. The van der Waals surface area contributed by atoms with Crippen LogP contribution in [-0.2, 0) is 6.18 Å². The average Bonchev–Trinajstić information content (AvgIpc) is 2.16. The minimum atomic E-state index is -4.43. The first-order chi connectivity index (χ1) is 7.43. The zero-order chi connectivity index (χ0) is 12.2. The van der Waals surface area contributed by atoms with E-state index >= 15 is 0 Å². The van der Waals surface area contributed by atoms with Crippen LogP contribution in [-0.4, -0.2) is 13.2 Å². The highest BCUT2D eigenvalue weighted by Crippen LogP contribution is 2.33. The second kappa shape index (κ2) is 5.39. The molecule has 16 heavy (non-hydrogen) atoms. The maximum absolute atomic E-state index is 12.4. The Morgan fingerprint density at radius 2 is 1.88 bits per heavy atom. The third kappa shape index (κ3) is 3.89. The molecule has 1 aromatic carbocycles. The summed E-state index contributed by atoms with van der Waals surface area (Å²) in [5.41, 5.74) is -0.573. The van der Waals surface area contributed by atoms with Gasteiger partial charge < -0.3 is 5.32 Å². The SMILES string of the molecule is FCCCNc1cc(Cl)cc(C(F)(F)F)c1. The number of benzene rings is 1. The zero-order valence-corrected chi connectivity index (χ0v) is 9.00. The predicted molar refractivity (Wildman–Crippen MR) is 55.5 cm³/mol. The summed E-state index contributed by atoms with van der Waals surface area (Å²) in [7, 11) is 0. The molecular formula is C10H10ClF4N. The lowest BCUT2D eigenvalue weighted by atomic mass is 10.2. The highest BCUT2D eigenvalue weighted by Gasteiger charge is 2.31. The van der Waals surface area contributed by atoms with E-state index in [-0.39, 0.29) is 23.7 Å². The van der Waals surface area contributed by atoms with Crippen LogP contribution in [0.25, 0.3) is 0 Å². The van der Waals surface area contributed by atoms with Crippen molar-refractivity contribution in [2.45, 2.75) is 12.6 Å². The molecule has 0 fully saturated rings. The number of nitrogens with one attached hydrogen (secondary N) is 1. The first kappa shape index (κ1) is 13.1. The van der Waals surface area contributed by atoms with Crippen molar-refractivity contribution in [2.24, 2.45) is 0 Å². The van der Waals surface area contributed by atoms with Gasteiger partial charge in [0.1, 0.15) is 0 Å². The van der Waals surface area contributed by atoms with Gasteiger partial charge in [0.25, 0.3) is 0 Å². The number of alkyl halides is 4. The van der Waals surface area contributed by atoms with Gasteiger partial charge in [-0.1, -0.05) is 11.6 Å². The molecule has 0 saturated heterocycles. The fourth-order valence-electron chi connectivity index (χ4n) is 1.15. The van der Waals surface area contributed by atoms with Crippen molar-refractivity contribution >= 4 is 17.3 Å². The summed E-state index contributed by atoms with van der Waals surface area (Å²) in [6.45, 7) is -0.242. The molecule has 0 saturated carbocycles. The normalized spacial score (nSPS) is 11.6. The minimum Gasteiger partial charge on any atom is -0.385 e. The van der Waals surface area contributed by atoms with Crippen molar-refractivity contribution in [1.29, 1.82) is 0 Å². The molecule has 0 unspecified atom stereocenters. The van der Waals surface area contributed by atoms with E-state index in [4.69, 9.17) is 11.6 Å². The number of hydrogen-bond acceptors (Lipinski definition) is 1. The molecule has 0 aliphatic rings. The Hall–Kier alpha value is -0.970. The second-order valence-electron chi connectivity index (χ2n) is 3.20. The maximum Gasteiger partial charge on any atom is 0.416 e. The summed E-state index contributed by atoms with van der Waals surface area (Å²) < 4.78 is 49.0. The van der Waals surface area contributed by atoms with Gasteiger partial charge >= 0.3 is 6.18 Å². The lowest BCUT2D eigenvalue weighted by Gasteiger charge is -2.11. The molecule has 0 bridgehead atoms. The molecule has 1 N–H and O–H groups in total. The molecular weight excluding hydrogens is 246 g/mol. The molecule has 0 aromatic heterocycles. The second-order valence-corrected chi connectivity index (χ2v) is 3.63. The summed E-state index contributed by atoms with van der Waals surface area (Å²) in [5, 5.41) is 2.67. The number of halogens is 5. The van der Waals surface area contributed by atoms with Crippen LogP contribution in [0.5, 0.6) is 0 Å². The highest BCUT2D eigenvalue weighted by molar-refractivity contribution is 6.30. The quantitative estimate of drug-likeness (QED) is 0.630. The molecule has 1 rings (SSSR count). The molecule has 0 spiro atoms. The zero-order valence-electron chi connectivity index (χ0n) is 8.24. The van der Waals surface area contributed by atoms with E-state index in [0.29, 0.717) is 0 Å². The van der Waals surface area contributed by atoms with Crippen LogP contribution < -0.4 is 5.32 Å². The third-order valence-corrected chi connectivity index (χ3v) is 2.08. The molecule has 0 aliphatic heterocycles. The van der Waals surface area contributed by atoms with Crippen LogP contribution in [0, 0.1) is 0 Å². The summed E-state index contributed by atoms with van der Waals surface area (Å²) in [6.07, 6.45) is -4.19. The monoisotopic (exact) mass is 255 g/mol. The van der Waals surface area contributed by atoms with Crippen LogP contribution in [0.1, 0.15) is 12.0 Å². The van der Waals surface area contributed by atoms with Crippen molar-refractivity contribution in [2.75, 3.05) is 18.5 Å². The van der Waals surface area contributed by atoms with Crippen LogP contribution in [0.4, 0.5) is 23.2 Å². The summed E-state index contributed by atoms with van der Waals surface area (Å²) in [6, 6.07) is 3.17. The van der Waals surface area contributed by atoms with Crippen LogP contribution in [0.3, 0.4) is 0 Å². The van der Waals surface area contributed by atoms with Gasteiger partial charge in [0, 0.05) is 17.3 Å². The van der Waals surface area contributed by atoms with Gasteiger partial charge in [-0.15, -0.1) is 0 Å². The predicted octanol–water partition coefficient (Wildman–Crippen LogP) is 4.13. The van der Waals surface area contributed by atoms with Crippen LogP contribution in [0.2, 0.25) is 5.02 Å². The van der Waals surface area contributed by atoms with Crippen molar-refractivity contribution in [3.8, 4) is 0 Å². The standard InChI is InChI=1S/C10H10ClF4N/c11-8-4-7(10(13,14)15)5-9(6-8)16-3-1-2-12/h4-6,16H,1-3H2. The molecule has 0 aliphatic carbocycles. The molecule has 0 radical (unpaired) electrons. The molecule has 90 valence electrons. The number of rotatable bonds is 4. The number of hydrogen-bond donors (Lipinski definition) is 1. The van der Waals surface area contributed by atoms with Crippen molar-refractivity contribution < 1.29 is 17.6 Å². The van der Waals surface area contributed by atoms with Crippen molar-refractivity contribution in [3.05, 3.63) is 28.8 Å². The van der Waals surface area contributed by atoms with Gasteiger partial charge in [-0.25, -0.2) is 0 Å². The van der Waals surface area contributed by atoms with Gasteiger partial charge in [-0.2, -0.15) is 13.2 Å². The Bertz CT molecular complexity index is 351. The van der Waals surface area contributed by atoms with E-state index in [1.165, 1.54) is 6.07 Å². The minimum absolute atomic E-state index is 0.00225. The first-order valence-electron chi connectivity index (χ1n) is 4.61. The lowest BCUT2D eigenvalue weighted by molar-refractivity contribution is -0.137. The highest BCUT2D eigenvalue weighted by atomic mass is 35.5. The van der Waals surface area contributed by atoms with E-state index in [1.54, 1.807) is 0 Å². The fourth-order valence-corrected chi connectivity index (χ4v) is 1.39. The van der Waals surface area contributed by atoms with E-state index < -0.39 is 18.4 Å². The van der Waals surface area contributed by atoms with E-state index in [2.05, 4.69) is 5.32 Å². The first-order valence-corrected chi connectivity index (χ1v) is 4.99. The Kier molecular flexibility index (Phi) is 4.41. The largest absolute Gasteiger partial charge is 0.416 e. The summed E-state index contributed by atoms with van der Waals surface area (Å²) in [4.78, 5) is 0. The van der Waals surface area contributed by atoms with E-state index in [0.717, 1.165) is 12.1 Å². The average molecular weight is 256 g/mol. The van der Waals surface area contributed by atoms with E-state index in [9.17, 15) is 17.6 Å². The van der Waals surface area contributed by atoms with Gasteiger partial charge in [0.15, 0.2) is 0 Å². The fraction of sp³-hybridized carbons (Fsp3) is 0.400. The Morgan fingerprint density at radius 1 is 1.19 bits per heavy atom. The topological polar surface area (TPSA) is 12.0 Å². The lowest BCUT2D eigenvalue weighted by Crippen LogP contribution is -2.07. The summed E-state index contributed by atoms with van der Waals surface area (Å²) in [5.74, 6) is 0. The molecule has 1 nitrogen and oxygen atoms in total. The van der Waals surface area contributed by atoms with Crippen molar-refractivity contribution in [1.82, 2.24) is 0 Å². The molecule has 6 heteroatoms. The molecule has 0 amide bonds.